The molecule has 112 valence electrons. The monoisotopic (exact) mass is 288 g/mol. The van der Waals surface area contributed by atoms with E-state index in [1.54, 1.807) is 12.5 Å². The molecule has 2 aromatic rings. The van der Waals surface area contributed by atoms with E-state index in [1.807, 2.05) is 19.1 Å². The lowest BCUT2D eigenvalue weighted by Gasteiger charge is -2.12. The zero-order chi connectivity index (χ0) is 15.1. The average molecular weight is 288 g/mol. The summed E-state index contributed by atoms with van der Waals surface area (Å²) < 4.78 is 5.26. The molecule has 0 aliphatic carbocycles. The lowest BCUT2D eigenvalue weighted by atomic mass is 10.2. The second-order valence-electron chi connectivity index (χ2n) is 4.87. The Hall–Kier alpha value is -2.37. The molecule has 1 unspecified atom stereocenters. The lowest BCUT2D eigenvalue weighted by Crippen LogP contribution is -2.34. The van der Waals surface area contributed by atoms with Crippen LogP contribution in [0.15, 0.2) is 35.2 Å². The minimum atomic E-state index is -0.233. The zero-order valence-corrected chi connectivity index (χ0v) is 12.3. The first kappa shape index (κ1) is 15.0. The molecule has 0 spiro atoms. The molecule has 0 aromatic carbocycles. The van der Waals surface area contributed by atoms with Crippen LogP contribution in [-0.2, 0) is 6.42 Å². The molecule has 1 amide bonds. The summed E-state index contributed by atoms with van der Waals surface area (Å²) >= 11 is 0. The molecule has 0 fully saturated rings. The Morgan fingerprint density at radius 3 is 2.86 bits per heavy atom. The van der Waals surface area contributed by atoms with Crippen LogP contribution in [0.2, 0.25) is 0 Å². The van der Waals surface area contributed by atoms with Crippen LogP contribution < -0.4 is 10.6 Å². The van der Waals surface area contributed by atoms with Crippen molar-refractivity contribution in [2.45, 2.75) is 32.7 Å². The fraction of sp³-hybridized carbons (Fsp3) is 0.400. The van der Waals surface area contributed by atoms with Crippen molar-refractivity contribution in [1.29, 1.82) is 0 Å². The fourth-order valence-electron chi connectivity index (χ4n) is 1.87. The van der Waals surface area contributed by atoms with Gasteiger partial charge in [-0.1, -0.05) is 6.92 Å². The average Bonchev–Trinajstić information content (AvgIpc) is 2.98. The van der Waals surface area contributed by atoms with E-state index in [1.165, 1.54) is 6.20 Å². The molecule has 0 aliphatic heterocycles. The number of hydrogen-bond acceptors (Lipinski definition) is 5. The third-order valence-electron chi connectivity index (χ3n) is 2.91. The topological polar surface area (TPSA) is 80.0 Å². The van der Waals surface area contributed by atoms with Crippen molar-refractivity contribution in [2.24, 2.45) is 0 Å². The zero-order valence-electron chi connectivity index (χ0n) is 12.3. The normalized spacial score (nSPS) is 11.9. The van der Waals surface area contributed by atoms with Gasteiger partial charge in [-0.3, -0.25) is 4.79 Å². The molecule has 0 aliphatic rings. The number of carbonyl (C=O) groups is 1. The van der Waals surface area contributed by atoms with E-state index >= 15 is 0 Å². The Morgan fingerprint density at radius 2 is 2.24 bits per heavy atom. The second-order valence-corrected chi connectivity index (χ2v) is 4.87. The highest BCUT2D eigenvalue weighted by Crippen LogP contribution is 2.05. The largest absolute Gasteiger partial charge is 0.469 e. The third kappa shape index (κ3) is 4.59. The minimum Gasteiger partial charge on any atom is -0.469 e. The van der Waals surface area contributed by atoms with Gasteiger partial charge in [-0.25, -0.2) is 9.97 Å². The van der Waals surface area contributed by atoms with E-state index in [2.05, 4.69) is 27.5 Å². The Balaban J connectivity index is 1.87. The van der Waals surface area contributed by atoms with Gasteiger partial charge in [-0.2, -0.15) is 0 Å². The van der Waals surface area contributed by atoms with Gasteiger partial charge in [0.05, 0.1) is 18.7 Å². The van der Waals surface area contributed by atoms with Crippen LogP contribution in [-0.4, -0.2) is 28.5 Å². The van der Waals surface area contributed by atoms with Gasteiger partial charge in [-0.05, 0) is 25.5 Å². The third-order valence-corrected chi connectivity index (χ3v) is 2.91. The highest BCUT2D eigenvalue weighted by atomic mass is 16.3. The summed E-state index contributed by atoms with van der Waals surface area (Å²) in [5.74, 6) is 1.29. The highest BCUT2D eigenvalue weighted by molar-refractivity contribution is 5.92. The Kier molecular flexibility index (Phi) is 5.31. The molecule has 0 radical (unpaired) electrons. The first-order valence-corrected chi connectivity index (χ1v) is 7.08. The summed E-state index contributed by atoms with van der Waals surface area (Å²) in [7, 11) is 0. The lowest BCUT2D eigenvalue weighted by molar-refractivity contribution is 0.0934. The van der Waals surface area contributed by atoms with Crippen molar-refractivity contribution in [1.82, 2.24) is 15.3 Å². The second kappa shape index (κ2) is 7.42. The number of amides is 1. The van der Waals surface area contributed by atoms with Gasteiger partial charge in [-0.15, -0.1) is 0 Å². The van der Waals surface area contributed by atoms with Crippen molar-refractivity contribution in [3.63, 3.8) is 0 Å². The van der Waals surface area contributed by atoms with Crippen molar-refractivity contribution < 1.29 is 9.21 Å². The molecule has 0 bridgehead atoms. The number of carbonyl (C=O) groups excluding carboxylic acids is 1. The first-order valence-electron chi connectivity index (χ1n) is 7.08. The van der Waals surface area contributed by atoms with Gasteiger partial charge in [0.1, 0.15) is 17.3 Å². The van der Waals surface area contributed by atoms with E-state index in [0.717, 1.165) is 18.7 Å². The molecule has 2 N–H and O–H groups in total. The van der Waals surface area contributed by atoms with Gasteiger partial charge < -0.3 is 15.1 Å². The van der Waals surface area contributed by atoms with Crippen LogP contribution in [0.5, 0.6) is 0 Å². The molecule has 21 heavy (non-hydrogen) atoms. The number of furan rings is 1. The van der Waals surface area contributed by atoms with E-state index in [4.69, 9.17) is 4.42 Å². The molecule has 1 atom stereocenters. The highest BCUT2D eigenvalue weighted by Gasteiger charge is 2.13. The molecule has 6 nitrogen and oxygen atoms in total. The van der Waals surface area contributed by atoms with Crippen molar-refractivity contribution in [3.05, 3.63) is 42.2 Å². The predicted octanol–water partition coefficient (Wildman–Crippen LogP) is 2.25. The quantitative estimate of drug-likeness (QED) is 0.817. The van der Waals surface area contributed by atoms with Crippen LogP contribution in [0.3, 0.4) is 0 Å². The standard InChI is InChI=1S/C15H20N4O2/c1-3-6-16-14-10-17-13(9-18-14)15(20)19-11(2)8-12-5-4-7-21-12/h4-5,7,9-11H,3,6,8H2,1-2H3,(H,16,18)(H,19,20). The summed E-state index contributed by atoms with van der Waals surface area (Å²) in [5, 5.41) is 5.99. The van der Waals surface area contributed by atoms with Gasteiger partial charge in [0.15, 0.2) is 0 Å². The summed E-state index contributed by atoms with van der Waals surface area (Å²) in [6, 6.07) is 3.68. The van der Waals surface area contributed by atoms with Crippen molar-refractivity contribution in [3.8, 4) is 0 Å². The predicted molar refractivity (Wildman–Crippen MR) is 80.2 cm³/mol. The molecule has 2 aromatic heterocycles. The van der Waals surface area contributed by atoms with Crippen molar-refractivity contribution >= 4 is 11.7 Å². The van der Waals surface area contributed by atoms with Crippen LogP contribution in [0.1, 0.15) is 36.5 Å². The van der Waals surface area contributed by atoms with E-state index in [-0.39, 0.29) is 11.9 Å². The first-order chi connectivity index (χ1) is 10.2. The Labute approximate surface area is 124 Å². The molecular formula is C15H20N4O2. The SMILES string of the molecule is CCCNc1cnc(C(=O)NC(C)Cc2ccco2)cn1. The molecule has 2 heterocycles. The van der Waals surface area contributed by atoms with Gasteiger partial charge >= 0.3 is 0 Å². The molecule has 0 saturated carbocycles. The number of hydrogen-bond donors (Lipinski definition) is 2. The van der Waals surface area contributed by atoms with E-state index < -0.39 is 0 Å². The van der Waals surface area contributed by atoms with Gasteiger partial charge in [0.25, 0.3) is 5.91 Å². The van der Waals surface area contributed by atoms with E-state index in [9.17, 15) is 4.79 Å². The van der Waals surface area contributed by atoms with Crippen LogP contribution in [0, 0.1) is 0 Å². The van der Waals surface area contributed by atoms with Crippen LogP contribution in [0.4, 0.5) is 5.82 Å². The van der Waals surface area contributed by atoms with Gasteiger partial charge in [0, 0.05) is 19.0 Å². The van der Waals surface area contributed by atoms with Crippen LogP contribution >= 0.6 is 0 Å². The summed E-state index contributed by atoms with van der Waals surface area (Å²) in [6.07, 6.45) is 6.32. The number of anilines is 1. The smallest absolute Gasteiger partial charge is 0.271 e. The molecule has 6 heteroatoms. The molecular weight excluding hydrogens is 268 g/mol. The molecule has 2 rings (SSSR count). The molecule has 0 saturated heterocycles. The maximum Gasteiger partial charge on any atom is 0.271 e. The number of rotatable bonds is 7. The summed E-state index contributed by atoms with van der Waals surface area (Å²) in [5.41, 5.74) is 0.309. The van der Waals surface area contributed by atoms with Gasteiger partial charge in [0.2, 0.25) is 0 Å². The Morgan fingerprint density at radius 1 is 1.38 bits per heavy atom. The summed E-state index contributed by atoms with van der Waals surface area (Å²) in [4.78, 5) is 20.3. The number of aromatic nitrogens is 2. The maximum atomic E-state index is 12.0. The maximum absolute atomic E-state index is 12.0. The number of nitrogens with one attached hydrogen (secondary N) is 2. The van der Waals surface area contributed by atoms with E-state index in [0.29, 0.717) is 17.9 Å². The Bertz CT molecular complexity index is 552. The summed E-state index contributed by atoms with van der Waals surface area (Å²) in [6.45, 7) is 4.83. The van der Waals surface area contributed by atoms with Crippen LogP contribution in [0.25, 0.3) is 0 Å². The van der Waals surface area contributed by atoms with Crippen molar-refractivity contribution in [2.75, 3.05) is 11.9 Å². The number of nitrogens with zero attached hydrogens (tertiary/aromatic N) is 2. The minimum absolute atomic E-state index is 0.0386. The fourth-order valence-corrected chi connectivity index (χ4v) is 1.87.